The van der Waals surface area contributed by atoms with E-state index in [0.29, 0.717) is 22.3 Å². The molecule has 0 bridgehead atoms. The Bertz CT molecular complexity index is 462. The number of nitriles is 1. The summed E-state index contributed by atoms with van der Waals surface area (Å²) in [7, 11) is 0. The quantitative estimate of drug-likeness (QED) is 0.833. The number of anilines is 1. The van der Waals surface area contributed by atoms with Gasteiger partial charge in [0.2, 0.25) is 0 Å². The van der Waals surface area contributed by atoms with Crippen LogP contribution in [0.1, 0.15) is 24.8 Å². The van der Waals surface area contributed by atoms with Crippen LogP contribution >= 0.6 is 11.6 Å². The van der Waals surface area contributed by atoms with Crippen LogP contribution in [0.15, 0.2) is 24.4 Å². The molecule has 1 aromatic heterocycles. The maximum absolute atomic E-state index is 8.86. The van der Waals surface area contributed by atoms with Crippen LogP contribution in [0.4, 0.5) is 5.82 Å². The maximum atomic E-state index is 8.86. The van der Waals surface area contributed by atoms with Crippen LogP contribution in [-0.4, -0.2) is 11.5 Å². The van der Waals surface area contributed by atoms with Gasteiger partial charge < -0.3 is 5.32 Å². The molecule has 1 unspecified atom stereocenters. The van der Waals surface area contributed by atoms with Crippen molar-refractivity contribution in [2.24, 2.45) is 5.92 Å². The standard InChI is InChI=1S/C13H14ClN3/c14-12-11(8-15)6-7-16-13(12)17-9-10-4-2-1-3-5-10/h1-2,6-7,10H,3-5,9H2,(H,16,17). The van der Waals surface area contributed by atoms with Crippen LogP contribution in [0.3, 0.4) is 0 Å². The molecule has 2 rings (SSSR count). The number of hydrogen-bond donors (Lipinski definition) is 1. The number of nitrogens with zero attached hydrogens (tertiary/aromatic N) is 2. The minimum Gasteiger partial charge on any atom is -0.369 e. The smallest absolute Gasteiger partial charge is 0.146 e. The van der Waals surface area contributed by atoms with Gasteiger partial charge in [0.25, 0.3) is 0 Å². The van der Waals surface area contributed by atoms with E-state index < -0.39 is 0 Å². The van der Waals surface area contributed by atoms with E-state index in [1.165, 1.54) is 6.42 Å². The molecule has 0 saturated carbocycles. The number of aromatic nitrogens is 1. The Hall–Kier alpha value is -1.53. The van der Waals surface area contributed by atoms with Gasteiger partial charge in [0, 0.05) is 12.7 Å². The van der Waals surface area contributed by atoms with Gasteiger partial charge >= 0.3 is 0 Å². The highest BCUT2D eigenvalue weighted by molar-refractivity contribution is 6.34. The number of allylic oxidation sites excluding steroid dienone is 2. The molecule has 1 aromatic rings. The zero-order valence-corrected chi connectivity index (χ0v) is 10.2. The van der Waals surface area contributed by atoms with E-state index in [4.69, 9.17) is 16.9 Å². The Kier molecular flexibility index (Phi) is 4.00. The zero-order valence-electron chi connectivity index (χ0n) is 9.49. The van der Waals surface area contributed by atoms with Crippen molar-refractivity contribution in [3.8, 4) is 6.07 Å². The summed E-state index contributed by atoms with van der Waals surface area (Å²) in [5.74, 6) is 1.24. The van der Waals surface area contributed by atoms with Crippen molar-refractivity contribution >= 4 is 17.4 Å². The third-order valence-corrected chi connectivity index (χ3v) is 3.33. The lowest BCUT2D eigenvalue weighted by Gasteiger charge is -2.18. The highest BCUT2D eigenvalue weighted by atomic mass is 35.5. The molecule has 0 radical (unpaired) electrons. The van der Waals surface area contributed by atoms with E-state index >= 15 is 0 Å². The van der Waals surface area contributed by atoms with Crippen molar-refractivity contribution in [1.82, 2.24) is 4.98 Å². The van der Waals surface area contributed by atoms with Crippen molar-refractivity contribution in [3.05, 3.63) is 35.0 Å². The first-order valence-corrected chi connectivity index (χ1v) is 6.12. The van der Waals surface area contributed by atoms with E-state index in [1.54, 1.807) is 12.3 Å². The van der Waals surface area contributed by atoms with Crippen molar-refractivity contribution < 1.29 is 0 Å². The number of halogens is 1. The van der Waals surface area contributed by atoms with Crippen LogP contribution in [0.25, 0.3) is 0 Å². The Morgan fingerprint density at radius 1 is 1.53 bits per heavy atom. The molecule has 1 atom stereocenters. The second kappa shape index (κ2) is 5.70. The van der Waals surface area contributed by atoms with Crippen molar-refractivity contribution in [2.75, 3.05) is 11.9 Å². The molecule has 3 nitrogen and oxygen atoms in total. The summed E-state index contributed by atoms with van der Waals surface area (Å²) in [5.41, 5.74) is 0.465. The van der Waals surface area contributed by atoms with Crippen molar-refractivity contribution in [3.63, 3.8) is 0 Å². The normalized spacial score (nSPS) is 18.7. The fraction of sp³-hybridized carbons (Fsp3) is 0.385. The average Bonchev–Trinajstić information content (AvgIpc) is 2.39. The van der Waals surface area contributed by atoms with Crippen LogP contribution in [0.2, 0.25) is 5.02 Å². The molecular formula is C13H14ClN3. The molecule has 4 heteroatoms. The molecular weight excluding hydrogens is 234 g/mol. The van der Waals surface area contributed by atoms with E-state index in [9.17, 15) is 0 Å². The van der Waals surface area contributed by atoms with Gasteiger partial charge in [-0.05, 0) is 31.2 Å². The van der Waals surface area contributed by atoms with Crippen LogP contribution in [0, 0.1) is 17.2 Å². The lowest BCUT2D eigenvalue weighted by molar-refractivity contribution is 0.503. The first kappa shape index (κ1) is 11.9. The van der Waals surface area contributed by atoms with Gasteiger partial charge in [0.15, 0.2) is 0 Å². The van der Waals surface area contributed by atoms with Crippen molar-refractivity contribution in [2.45, 2.75) is 19.3 Å². The third kappa shape index (κ3) is 2.98. The first-order valence-electron chi connectivity index (χ1n) is 5.74. The Balaban J connectivity index is 1.99. The molecule has 88 valence electrons. The molecule has 0 aromatic carbocycles. The zero-order chi connectivity index (χ0) is 12.1. The molecule has 17 heavy (non-hydrogen) atoms. The summed E-state index contributed by atoms with van der Waals surface area (Å²) >= 11 is 6.07. The van der Waals surface area contributed by atoms with Gasteiger partial charge in [-0.1, -0.05) is 23.8 Å². The second-order valence-electron chi connectivity index (χ2n) is 4.16. The van der Waals surface area contributed by atoms with Gasteiger partial charge in [-0.3, -0.25) is 0 Å². The first-order chi connectivity index (χ1) is 8.31. The number of nitrogens with one attached hydrogen (secondary N) is 1. The third-order valence-electron chi connectivity index (χ3n) is 2.95. The number of rotatable bonds is 3. The molecule has 0 amide bonds. The second-order valence-corrected chi connectivity index (χ2v) is 4.54. The molecule has 1 aliphatic rings. The predicted octanol–water partition coefficient (Wildman–Crippen LogP) is 3.37. The summed E-state index contributed by atoms with van der Waals surface area (Å²) < 4.78 is 0. The summed E-state index contributed by atoms with van der Waals surface area (Å²) in [4.78, 5) is 4.16. The highest BCUT2D eigenvalue weighted by Crippen LogP contribution is 2.24. The predicted molar refractivity (Wildman–Crippen MR) is 68.9 cm³/mol. The fourth-order valence-electron chi connectivity index (χ4n) is 1.94. The van der Waals surface area contributed by atoms with E-state index in [2.05, 4.69) is 28.5 Å². The molecule has 0 spiro atoms. The Morgan fingerprint density at radius 2 is 2.41 bits per heavy atom. The van der Waals surface area contributed by atoms with Crippen LogP contribution in [-0.2, 0) is 0 Å². The molecule has 1 aliphatic carbocycles. The Labute approximate surface area is 106 Å². The van der Waals surface area contributed by atoms with Crippen LogP contribution in [0.5, 0.6) is 0 Å². The summed E-state index contributed by atoms with van der Waals surface area (Å²) in [5, 5.41) is 12.5. The van der Waals surface area contributed by atoms with Crippen molar-refractivity contribution in [1.29, 1.82) is 5.26 Å². The highest BCUT2D eigenvalue weighted by Gasteiger charge is 2.12. The van der Waals surface area contributed by atoms with Crippen LogP contribution < -0.4 is 5.32 Å². The maximum Gasteiger partial charge on any atom is 0.146 e. The largest absolute Gasteiger partial charge is 0.369 e. The van der Waals surface area contributed by atoms with Gasteiger partial charge in [-0.15, -0.1) is 0 Å². The van der Waals surface area contributed by atoms with Gasteiger partial charge in [-0.25, -0.2) is 4.98 Å². The van der Waals surface area contributed by atoms with Gasteiger partial charge in [-0.2, -0.15) is 5.26 Å². The average molecular weight is 248 g/mol. The molecule has 0 fully saturated rings. The summed E-state index contributed by atoms with van der Waals surface area (Å²) in [6, 6.07) is 3.67. The fourth-order valence-corrected chi connectivity index (χ4v) is 2.16. The summed E-state index contributed by atoms with van der Waals surface area (Å²) in [6.45, 7) is 0.853. The number of hydrogen-bond acceptors (Lipinski definition) is 3. The van der Waals surface area contributed by atoms with Gasteiger partial charge in [0.05, 0.1) is 5.56 Å². The summed E-state index contributed by atoms with van der Waals surface area (Å²) in [6.07, 6.45) is 9.48. The molecule has 0 saturated heterocycles. The van der Waals surface area contributed by atoms with E-state index in [-0.39, 0.29) is 0 Å². The number of pyridine rings is 1. The lowest BCUT2D eigenvalue weighted by atomic mass is 9.94. The SMILES string of the molecule is N#Cc1ccnc(NCC2CC=CCC2)c1Cl. The molecule has 1 heterocycles. The van der Waals surface area contributed by atoms with Gasteiger partial charge in [0.1, 0.15) is 16.9 Å². The topological polar surface area (TPSA) is 48.7 Å². The Morgan fingerprint density at radius 3 is 3.12 bits per heavy atom. The molecule has 1 N–H and O–H groups in total. The minimum atomic E-state index is 0.418. The monoisotopic (exact) mass is 247 g/mol. The lowest BCUT2D eigenvalue weighted by Crippen LogP contribution is -2.16. The minimum absolute atomic E-state index is 0.418. The van der Waals surface area contributed by atoms with E-state index in [1.807, 2.05) is 0 Å². The molecule has 0 aliphatic heterocycles. The van der Waals surface area contributed by atoms with E-state index in [0.717, 1.165) is 19.4 Å².